The van der Waals surface area contributed by atoms with Crippen LogP contribution in [0.3, 0.4) is 0 Å². The number of methoxy groups -OCH3 is 1. The monoisotopic (exact) mass is 286 g/mol. The van der Waals surface area contributed by atoms with Crippen molar-refractivity contribution in [3.63, 3.8) is 0 Å². The van der Waals surface area contributed by atoms with Crippen LogP contribution in [0.4, 0.5) is 5.82 Å². The zero-order valence-corrected chi connectivity index (χ0v) is 11.2. The minimum Gasteiger partial charge on any atom is -0.383 e. The van der Waals surface area contributed by atoms with Crippen molar-refractivity contribution in [1.82, 2.24) is 15.3 Å². The number of aldehydes is 1. The molecule has 0 fully saturated rings. The van der Waals surface area contributed by atoms with Crippen molar-refractivity contribution in [3.8, 4) is 0 Å². The predicted molar refractivity (Wildman–Crippen MR) is 70.4 cm³/mol. The number of rotatable bonds is 8. The molecule has 0 aliphatic rings. The summed E-state index contributed by atoms with van der Waals surface area (Å²) in [5.74, 6) is 0.206. The molecule has 0 radical (unpaired) electrons. The molecular weight excluding hydrogens is 272 g/mol. The topological polar surface area (TPSA) is 93.2 Å². The van der Waals surface area contributed by atoms with E-state index in [0.717, 1.165) is 0 Å². The van der Waals surface area contributed by atoms with E-state index in [-0.39, 0.29) is 23.0 Å². The fourth-order valence-corrected chi connectivity index (χ4v) is 1.47. The van der Waals surface area contributed by atoms with E-state index >= 15 is 0 Å². The van der Waals surface area contributed by atoms with Gasteiger partial charge in [-0.15, -0.1) is 0 Å². The molecule has 0 aromatic carbocycles. The van der Waals surface area contributed by atoms with E-state index in [1.807, 2.05) is 0 Å². The summed E-state index contributed by atoms with van der Waals surface area (Å²) in [4.78, 5) is 29.8. The smallest absolute Gasteiger partial charge is 0.221 e. The Balaban J connectivity index is 2.39. The zero-order chi connectivity index (χ0) is 14.1. The molecule has 2 N–H and O–H groups in total. The van der Waals surface area contributed by atoms with E-state index in [0.29, 0.717) is 31.8 Å². The van der Waals surface area contributed by atoms with Gasteiger partial charge in [0.1, 0.15) is 17.3 Å². The number of anilines is 1. The number of ether oxygens (including phenoxy) is 1. The quantitative estimate of drug-likeness (QED) is 0.411. The molecule has 104 valence electrons. The lowest BCUT2D eigenvalue weighted by Gasteiger charge is -2.08. The number of carbonyl (C=O) groups excluding carboxylic acids is 2. The third-order valence-electron chi connectivity index (χ3n) is 2.23. The van der Waals surface area contributed by atoms with Gasteiger partial charge >= 0.3 is 0 Å². The molecule has 0 unspecified atom stereocenters. The molecule has 1 amide bonds. The van der Waals surface area contributed by atoms with Crippen LogP contribution < -0.4 is 10.6 Å². The molecule has 0 saturated heterocycles. The first-order valence-corrected chi connectivity index (χ1v) is 6.02. The molecule has 0 bridgehead atoms. The van der Waals surface area contributed by atoms with Gasteiger partial charge in [0.05, 0.1) is 12.2 Å². The van der Waals surface area contributed by atoms with Crippen LogP contribution in [-0.4, -0.2) is 49.0 Å². The summed E-state index contributed by atoms with van der Waals surface area (Å²) in [7, 11) is 1.56. The lowest BCUT2D eigenvalue weighted by atomic mass is 10.3. The van der Waals surface area contributed by atoms with Crippen LogP contribution in [-0.2, 0) is 9.53 Å². The van der Waals surface area contributed by atoms with E-state index < -0.39 is 0 Å². The molecule has 0 aliphatic heterocycles. The Bertz CT molecular complexity index is 442. The van der Waals surface area contributed by atoms with Gasteiger partial charge in [-0.25, -0.2) is 9.97 Å². The average Bonchev–Trinajstić information content (AvgIpc) is 2.39. The summed E-state index contributed by atoms with van der Waals surface area (Å²) in [5.41, 5.74) is 0.184. The second-order valence-electron chi connectivity index (χ2n) is 3.56. The normalized spacial score (nSPS) is 10.0. The number of nitrogens with one attached hydrogen (secondary N) is 2. The van der Waals surface area contributed by atoms with E-state index in [1.165, 1.54) is 6.33 Å². The molecule has 0 aliphatic carbocycles. The Labute approximate surface area is 115 Å². The molecule has 0 spiro atoms. The van der Waals surface area contributed by atoms with Crippen LogP contribution in [0, 0.1) is 0 Å². The molecule has 1 rings (SSSR count). The largest absolute Gasteiger partial charge is 0.383 e. The van der Waals surface area contributed by atoms with Crippen molar-refractivity contribution in [2.75, 3.05) is 32.1 Å². The van der Waals surface area contributed by atoms with Gasteiger partial charge in [0.25, 0.3) is 0 Å². The molecule has 1 heterocycles. The van der Waals surface area contributed by atoms with Gasteiger partial charge in [-0.2, -0.15) is 0 Å². The van der Waals surface area contributed by atoms with Gasteiger partial charge in [-0.3, -0.25) is 9.59 Å². The van der Waals surface area contributed by atoms with Crippen molar-refractivity contribution < 1.29 is 14.3 Å². The molecule has 19 heavy (non-hydrogen) atoms. The maximum Gasteiger partial charge on any atom is 0.221 e. The van der Waals surface area contributed by atoms with E-state index in [1.54, 1.807) is 7.11 Å². The number of amides is 1. The summed E-state index contributed by atoms with van der Waals surface area (Å²) in [6.07, 6.45) is 2.07. The van der Waals surface area contributed by atoms with Crippen LogP contribution in [0.15, 0.2) is 6.33 Å². The molecular formula is C11H15ClN4O3. The fraction of sp³-hybridized carbons (Fsp3) is 0.455. The highest BCUT2D eigenvalue weighted by atomic mass is 35.5. The second kappa shape index (κ2) is 8.39. The zero-order valence-electron chi connectivity index (χ0n) is 10.5. The van der Waals surface area contributed by atoms with Gasteiger partial charge in [0.15, 0.2) is 6.29 Å². The van der Waals surface area contributed by atoms with Gasteiger partial charge in [-0.1, -0.05) is 11.6 Å². The van der Waals surface area contributed by atoms with Crippen molar-refractivity contribution in [2.45, 2.75) is 6.42 Å². The van der Waals surface area contributed by atoms with Crippen LogP contribution in [0.5, 0.6) is 0 Å². The maximum atomic E-state index is 11.4. The molecule has 1 aromatic heterocycles. The highest BCUT2D eigenvalue weighted by Crippen LogP contribution is 2.16. The van der Waals surface area contributed by atoms with Crippen LogP contribution in [0.1, 0.15) is 16.8 Å². The van der Waals surface area contributed by atoms with Gasteiger partial charge in [0, 0.05) is 26.6 Å². The minimum atomic E-state index is -0.114. The number of hydrogen-bond acceptors (Lipinski definition) is 6. The molecule has 0 atom stereocenters. The van der Waals surface area contributed by atoms with E-state index in [4.69, 9.17) is 16.3 Å². The summed E-state index contributed by atoms with van der Waals surface area (Å²) in [5, 5.41) is 5.63. The Morgan fingerprint density at radius 2 is 2.26 bits per heavy atom. The first kappa shape index (κ1) is 15.3. The molecule has 0 saturated carbocycles. The molecule has 1 aromatic rings. The van der Waals surface area contributed by atoms with Gasteiger partial charge in [0.2, 0.25) is 5.91 Å². The standard InChI is InChI=1S/C11H15ClN4O3/c1-19-5-4-13-9(18)2-3-14-11-8(6-17)10(12)15-7-16-11/h6-7H,2-5H2,1H3,(H,13,18)(H,14,15,16). The maximum absolute atomic E-state index is 11.4. The summed E-state index contributed by atoms with van der Waals surface area (Å²) in [6.45, 7) is 1.28. The Kier molecular flexibility index (Phi) is 6.76. The lowest BCUT2D eigenvalue weighted by molar-refractivity contribution is -0.121. The third kappa shape index (κ3) is 5.19. The number of hydrogen-bond donors (Lipinski definition) is 2. The first-order chi connectivity index (χ1) is 9.19. The first-order valence-electron chi connectivity index (χ1n) is 5.64. The average molecular weight is 287 g/mol. The second-order valence-corrected chi connectivity index (χ2v) is 3.92. The highest BCUT2D eigenvalue weighted by Gasteiger charge is 2.09. The SMILES string of the molecule is COCCNC(=O)CCNc1ncnc(Cl)c1C=O. The minimum absolute atomic E-state index is 0.0806. The van der Waals surface area contributed by atoms with Gasteiger partial charge in [-0.05, 0) is 0 Å². The van der Waals surface area contributed by atoms with Crippen LogP contribution in [0.2, 0.25) is 5.15 Å². The number of aromatic nitrogens is 2. The van der Waals surface area contributed by atoms with Crippen molar-refractivity contribution in [3.05, 3.63) is 17.0 Å². The van der Waals surface area contributed by atoms with Crippen LogP contribution in [0.25, 0.3) is 0 Å². The van der Waals surface area contributed by atoms with Crippen molar-refractivity contribution >= 4 is 29.6 Å². The Morgan fingerprint density at radius 3 is 2.95 bits per heavy atom. The summed E-state index contributed by atoms with van der Waals surface area (Å²) >= 11 is 5.74. The molecule has 7 nitrogen and oxygen atoms in total. The van der Waals surface area contributed by atoms with Gasteiger partial charge < -0.3 is 15.4 Å². The summed E-state index contributed by atoms with van der Waals surface area (Å²) in [6, 6.07) is 0. The number of carbonyl (C=O) groups is 2. The van der Waals surface area contributed by atoms with Crippen LogP contribution >= 0.6 is 11.6 Å². The number of halogens is 1. The lowest BCUT2D eigenvalue weighted by Crippen LogP contribution is -2.28. The Morgan fingerprint density at radius 1 is 1.47 bits per heavy atom. The van der Waals surface area contributed by atoms with E-state index in [2.05, 4.69) is 20.6 Å². The fourth-order valence-electron chi connectivity index (χ4n) is 1.29. The predicted octanol–water partition coefficient (Wildman–Crippen LogP) is 0.507. The number of nitrogens with zero attached hydrogens (tertiary/aromatic N) is 2. The van der Waals surface area contributed by atoms with Crippen molar-refractivity contribution in [2.24, 2.45) is 0 Å². The summed E-state index contributed by atoms with van der Waals surface area (Å²) < 4.78 is 4.81. The van der Waals surface area contributed by atoms with E-state index in [9.17, 15) is 9.59 Å². The molecule has 8 heteroatoms. The highest BCUT2D eigenvalue weighted by molar-refractivity contribution is 6.32. The third-order valence-corrected chi connectivity index (χ3v) is 2.53. The van der Waals surface area contributed by atoms with Crippen molar-refractivity contribution in [1.29, 1.82) is 0 Å². The Hall–Kier alpha value is -1.73.